The number of aryl methyl sites for hydroxylation is 1. The number of guanidine groups is 1. The molecule has 0 amide bonds. The van der Waals surface area contributed by atoms with Crippen LogP contribution in [-0.2, 0) is 6.54 Å². The summed E-state index contributed by atoms with van der Waals surface area (Å²) in [5.74, 6) is -0.00893. The fourth-order valence-electron chi connectivity index (χ4n) is 1.28. The monoisotopic (exact) mass is 279 g/mol. The quantitative estimate of drug-likeness (QED) is 0.411. The van der Waals surface area contributed by atoms with Crippen LogP contribution < -0.4 is 11.1 Å². The number of nitrogens with two attached hydrogens (primary N) is 1. The van der Waals surface area contributed by atoms with Crippen molar-refractivity contribution in [2.75, 3.05) is 18.5 Å². The van der Waals surface area contributed by atoms with Gasteiger partial charge in [0.05, 0.1) is 0 Å². The molecule has 1 rings (SSSR count). The highest BCUT2D eigenvalue weighted by Crippen LogP contribution is 2.14. The summed E-state index contributed by atoms with van der Waals surface area (Å²) >= 11 is 0. The molecule has 0 saturated heterocycles. The van der Waals surface area contributed by atoms with E-state index < -0.39 is 12.7 Å². The zero-order valence-electron chi connectivity index (χ0n) is 10.2. The highest BCUT2D eigenvalue weighted by Gasteiger charge is 2.26. The molecule has 1 heterocycles. The molecule has 0 fully saturated rings. The van der Waals surface area contributed by atoms with Crippen LogP contribution in [0.5, 0.6) is 0 Å². The third-order valence-electron chi connectivity index (χ3n) is 2.12. The fraction of sp³-hybridized carbons (Fsp3) is 0.600. The lowest BCUT2D eigenvalue weighted by molar-refractivity contribution is -0.118. The van der Waals surface area contributed by atoms with Crippen LogP contribution in [0.4, 0.5) is 19.0 Å². The summed E-state index contributed by atoms with van der Waals surface area (Å²) in [6.07, 6.45) is -1.29. The van der Waals surface area contributed by atoms with E-state index in [0.717, 1.165) is 6.42 Å². The minimum absolute atomic E-state index is 0.115. The first-order valence-electron chi connectivity index (χ1n) is 5.69. The van der Waals surface area contributed by atoms with E-state index >= 15 is 0 Å². The molecule has 0 spiro atoms. The Morgan fingerprint density at radius 2 is 2.21 bits per heavy atom. The van der Waals surface area contributed by atoms with Crippen molar-refractivity contribution in [3.05, 3.63) is 12.3 Å². The molecule has 0 aliphatic heterocycles. The normalized spacial score (nSPS) is 12.7. The molecule has 6 nitrogen and oxygen atoms in total. The Balaban J connectivity index is 2.44. The average Bonchev–Trinajstić information content (AvgIpc) is 2.74. The highest BCUT2D eigenvalue weighted by atomic mass is 19.4. The molecular weight excluding hydrogens is 263 g/mol. The van der Waals surface area contributed by atoms with Gasteiger partial charge in [0.25, 0.3) is 0 Å². The first-order chi connectivity index (χ1) is 8.90. The van der Waals surface area contributed by atoms with Crippen LogP contribution in [0.2, 0.25) is 0 Å². The third-order valence-corrected chi connectivity index (χ3v) is 2.12. The Labute approximate surface area is 108 Å². The molecule has 108 valence electrons. The molecule has 0 aromatic carbocycles. The number of aliphatic hydroxyl groups is 1. The fourth-order valence-corrected chi connectivity index (χ4v) is 1.28. The van der Waals surface area contributed by atoms with Gasteiger partial charge in [0.15, 0.2) is 11.8 Å². The number of aliphatic hydroxyl groups excluding tert-OH is 1. The van der Waals surface area contributed by atoms with Gasteiger partial charge in [-0.3, -0.25) is 4.68 Å². The Morgan fingerprint density at radius 3 is 2.84 bits per heavy atom. The van der Waals surface area contributed by atoms with Gasteiger partial charge in [-0.15, -0.1) is 0 Å². The van der Waals surface area contributed by atoms with Gasteiger partial charge in [0, 0.05) is 25.4 Å². The number of halogens is 3. The van der Waals surface area contributed by atoms with Crippen LogP contribution in [0.25, 0.3) is 0 Å². The molecule has 0 atom stereocenters. The van der Waals surface area contributed by atoms with Gasteiger partial charge in [-0.25, -0.2) is 4.99 Å². The molecule has 1 aromatic heterocycles. The smallest absolute Gasteiger partial charge is 0.396 e. The standard InChI is InChI=1S/C10H16F3N5O/c11-10(12,13)7-15-9(14)16-8-3-5-18(17-8)4-1-2-6-19/h3,5,19H,1-2,4,6-7H2,(H3,14,15,16,17). The predicted octanol–water partition coefficient (Wildman–Crippen LogP) is 0.944. The molecule has 0 radical (unpaired) electrons. The predicted molar refractivity (Wildman–Crippen MR) is 64.7 cm³/mol. The van der Waals surface area contributed by atoms with Crippen molar-refractivity contribution in [1.82, 2.24) is 9.78 Å². The molecule has 0 bridgehead atoms. The van der Waals surface area contributed by atoms with E-state index in [2.05, 4.69) is 15.4 Å². The van der Waals surface area contributed by atoms with Crippen LogP contribution in [0.1, 0.15) is 12.8 Å². The third kappa shape index (κ3) is 6.65. The van der Waals surface area contributed by atoms with E-state index in [-0.39, 0.29) is 12.6 Å². The lowest BCUT2D eigenvalue weighted by atomic mass is 10.3. The van der Waals surface area contributed by atoms with Crippen LogP contribution in [0.15, 0.2) is 17.3 Å². The van der Waals surface area contributed by atoms with E-state index in [4.69, 9.17) is 10.8 Å². The maximum absolute atomic E-state index is 11.9. The van der Waals surface area contributed by atoms with Gasteiger partial charge in [-0.1, -0.05) is 0 Å². The topological polar surface area (TPSA) is 88.5 Å². The second-order valence-electron chi connectivity index (χ2n) is 3.84. The zero-order valence-corrected chi connectivity index (χ0v) is 10.2. The van der Waals surface area contributed by atoms with Crippen LogP contribution in [0.3, 0.4) is 0 Å². The number of nitrogens with zero attached hydrogens (tertiary/aromatic N) is 3. The van der Waals surface area contributed by atoms with Crippen LogP contribution in [-0.4, -0.2) is 40.2 Å². The molecule has 0 saturated carbocycles. The van der Waals surface area contributed by atoms with Crippen molar-refractivity contribution >= 4 is 11.8 Å². The molecule has 0 aliphatic rings. The molecule has 0 unspecified atom stereocenters. The molecular formula is C10H16F3N5O. The van der Waals surface area contributed by atoms with E-state index in [1.54, 1.807) is 16.9 Å². The first kappa shape index (κ1) is 15.3. The number of hydrogen-bond acceptors (Lipinski definition) is 3. The highest BCUT2D eigenvalue weighted by molar-refractivity contribution is 5.91. The van der Waals surface area contributed by atoms with E-state index in [1.165, 1.54) is 0 Å². The number of nitrogens with one attached hydrogen (secondary N) is 1. The first-order valence-corrected chi connectivity index (χ1v) is 5.69. The summed E-state index contributed by atoms with van der Waals surface area (Å²) in [5.41, 5.74) is 5.30. The lowest BCUT2D eigenvalue weighted by Gasteiger charge is -2.04. The molecule has 0 aliphatic carbocycles. The minimum Gasteiger partial charge on any atom is -0.396 e. The minimum atomic E-state index is -4.38. The number of aliphatic imine (C=N–C) groups is 1. The number of unbranched alkanes of at least 4 members (excludes halogenated alkanes) is 1. The van der Waals surface area contributed by atoms with Gasteiger partial charge < -0.3 is 16.2 Å². The number of aromatic nitrogens is 2. The number of hydrogen-bond donors (Lipinski definition) is 3. The Kier molecular flexibility index (Phi) is 5.61. The van der Waals surface area contributed by atoms with E-state index in [1.807, 2.05) is 0 Å². The largest absolute Gasteiger partial charge is 0.408 e. The van der Waals surface area contributed by atoms with Gasteiger partial charge >= 0.3 is 6.18 Å². The molecule has 1 aromatic rings. The van der Waals surface area contributed by atoms with Crippen molar-refractivity contribution in [3.8, 4) is 0 Å². The summed E-state index contributed by atoms with van der Waals surface area (Å²) in [6, 6.07) is 1.58. The van der Waals surface area contributed by atoms with E-state index in [0.29, 0.717) is 18.8 Å². The Morgan fingerprint density at radius 1 is 1.47 bits per heavy atom. The lowest BCUT2D eigenvalue weighted by Crippen LogP contribution is -2.25. The number of anilines is 1. The van der Waals surface area contributed by atoms with Gasteiger partial charge in [-0.2, -0.15) is 18.3 Å². The summed E-state index contributed by atoms with van der Waals surface area (Å²) in [4.78, 5) is 3.15. The SMILES string of the molecule is NC(=NCC(F)(F)F)Nc1ccn(CCCCO)n1. The van der Waals surface area contributed by atoms with Gasteiger partial charge in [-0.05, 0) is 12.8 Å². The second kappa shape index (κ2) is 6.98. The summed E-state index contributed by atoms with van der Waals surface area (Å²) < 4.78 is 37.3. The molecule has 9 heteroatoms. The van der Waals surface area contributed by atoms with Gasteiger partial charge in [0.1, 0.15) is 6.54 Å². The van der Waals surface area contributed by atoms with Crippen molar-refractivity contribution in [2.45, 2.75) is 25.6 Å². The molecule has 19 heavy (non-hydrogen) atoms. The van der Waals surface area contributed by atoms with Crippen molar-refractivity contribution < 1.29 is 18.3 Å². The Hall–Kier alpha value is -1.77. The van der Waals surface area contributed by atoms with E-state index in [9.17, 15) is 13.2 Å². The van der Waals surface area contributed by atoms with Crippen LogP contribution >= 0.6 is 0 Å². The van der Waals surface area contributed by atoms with Crippen LogP contribution in [0, 0.1) is 0 Å². The second-order valence-corrected chi connectivity index (χ2v) is 3.84. The number of rotatable bonds is 6. The summed E-state index contributed by atoms with van der Waals surface area (Å²) in [6.45, 7) is -0.603. The molecule has 4 N–H and O–H groups in total. The maximum Gasteiger partial charge on any atom is 0.408 e. The number of alkyl halides is 3. The zero-order chi connectivity index (χ0) is 14.3. The van der Waals surface area contributed by atoms with Crippen molar-refractivity contribution in [2.24, 2.45) is 10.7 Å². The summed E-state index contributed by atoms with van der Waals surface area (Å²) in [5, 5.41) is 15.1. The maximum atomic E-state index is 11.9. The Bertz CT molecular complexity index is 416. The average molecular weight is 279 g/mol. The van der Waals surface area contributed by atoms with Crippen molar-refractivity contribution in [3.63, 3.8) is 0 Å². The van der Waals surface area contributed by atoms with Crippen molar-refractivity contribution in [1.29, 1.82) is 0 Å². The van der Waals surface area contributed by atoms with Gasteiger partial charge in [0.2, 0.25) is 0 Å². The summed E-state index contributed by atoms with van der Waals surface area (Å²) in [7, 11) is 0.